The van der Waals surface area contributed by atoms with Crippen LogP contribution in [0.3, 0.4) is 0 Å². The molecular weight excluding hydrogens is 370 g/mol. The van der Waals surface area contributed by atoms with Crippen LogP contribution in [0.5, 0.6) is 11.5 Å². The van der Waals surface area contributed by atoms with Gasteiger partial charge in [0.1, 0.15) is 11.5 Å². The Morgan fingerprint density at radius 1 is 1.00 bits per heavy atom. The SMILES string of the molecule is CCOc1ccccc1NC(=O)NNC(=O)[C@H](C)Oc1ccc(C(C)(C)C)cc1. The minimum atomic E-state index is -0.786. The molecule has 0 spiro atoms. The minimum absolute atomic E-state index is 0.0413. The summed E-state index contributed by atoms with van der Waals surface area (Å²) in [6, 6.07) is 14.1. The van der Waals surface area contributed by atoms with Crippen molar-refractivity contribution in [1.29, 1.82) is 0 Å². The van der Waals surface area contributed by atoms with Crippen molar-refractivity contribution in [3.63, 3.8) is 0 Å². The number of benzene rings is 2. The van der Waals surface area contributed by atoms with Crippen LogP contribution in [0.2, 0.25) is 0 Å². The highest BCUT2D eigenvalue weighted by molar-refractivity contribution is 5.92. The molecule has 0 heterocycles. The Labute approximate surface area is 171 Å². The number of amides is 3. The molecule has 0 aliphatic heterocycles. The number of nitrogens with one attached hydrogen (secondary N) is 3. The lowest BCUT2D eigenvalue weighted by Crippen LogP contribution is -2.48. The molecule has 156 valence electrons. The molecule has 3 N–H and O–H groups in total. The first-order chi connectivity index (χ1) is 13.7. The Balaban J connectivity index is 1.84. The second-order valence-electron chi connectivity index (χ2n) is 7.53. The number of rotatable bonds is 6. The van der Waals surface area contributed by atoms with Crippen molar-refractivity contribution in [2.75, 3.05) is 11.9 Å². The summed E-state index contributed by atoms with van der Waals surface area (Å²) in [4.78, 5) is 24.2. The highest BCUT2D eigenvalue weighted by Crippen LogP contribution is 2.25. The topological polar surface area (TPSA) is 88.7 Å². The van der Waals surface area contributed by atoms with Gasteiger partial charge in [-0.2, -0.15) is 0 Å². The fourth-order valence-corrected chi connectivity index (χ4v) is 2.52. The first-order valence-corrected chi connectivity index (χ1v) is 9.56. The summed E-state index contributed by atoms with van der Waals surface area (Å²) in [7, 11) is 0. The number of hydrazine groups is 1. The molecule has 2 aromatic carbocycles. The van der Waals surface area contributed by atoms with E-state index in [0.29, 0.717) is 23.8 Å². The highest BCUT2D eigenvalue weighted by Gasteiger charge is 2.17. The number of hydrogen-bond donors (Lipinski definition) is 3. The van der Waals surface area contributed by atoms with Crippen molar-refractivity contribution in [2.24, 2.45) is 0 Å². The van der Waals surface area contributed by atoms with E-state index in [2.05, 4.69) is 36.9 Å². The molecule has 0 radical (unpaired) electrons. The number of carbonyl (C=O) groups is 2. The van der Waals surface area contributed by atoms with Crippen molar-refractivity contribution in [3.05, 3.63) is 54.1 Å². The molecule has 3 amide bonds. The van der Waals surface area contributed by atoms with E-state index in [1.54, 1.807) is 25.1 Å². The molecular formula is C22H29N3O4. The second kappa shape index (κ2) is 9.82. The third-order valence-electron chi connectivity index (χ3n) is 4.14. The molecule has 0 saturated carbocycles. The zero-order valence-electron chi connectivity index (χ0n) is 17.5. The lowest BCUT2D eigenvalue weighted by molar-refractivity contribution is -0.127. The van der Waals surface area contributed by atoms with Gasteiger partial charge in [-0.1, -0.05) is 45.0 Å². The molecule has 0 saturated heterocycles. The van der Waals surface area contributed by atoms with E-state index < -0.39 is 18.0 Å². The molecule has 0 bridgehead atoms. The first-order valence-electron chi connectivity index (χ1n) is 9.56. The van der Waals surface area contributed by atoms with Gasteiger partial charge >= 0.3 is 6.03 Å². The number of anilines is 1. The van der Waals surface area contributed by atoms with Gasteiger partial charge in [-0.25, -0.2) is 10.2 Å². The standard InChI is InChI=1S/C22H29N3O4/c1-6-28-19-10-8-7-9-18(19)23-21(27)25-24-20(26)15(2)29-17-13-11-16(12-14-17)22(3,4)5/h7-15H,6H2,1-5H3,(H,24,26)(H2,23,25,27)/t15-/m0/s1. The smallest absolute Gasteiger partial charge is 0.338 e. The largest absolute Gasteiger partial charge is 0.492 e. The molecule has 0 fully saturated rings. The van der Waals surface area contributed by atoms with E-state index in [0.717, 1.165) is 0 Å². The van der Waals surface area contributed by atoms with Gasteiger partial charge in [-0.15, -0.1) is 0 Å². The molecule has 7 nitrogen and oxygen atoms in total. The molecule has 2 aromatic rings. The average molecular weight is 399 g/mol. The van der Waals surface area contributed by atoms with Crippen molar-refractivity contribution >= 4 is 17.6 Å². The third kappa shape index (κ3) is 6.71. The maximum absolute atomic E-state index is 12.2. The lowest BCUT2D eigenvalue weighted by atomic mass is 9.87. The Morgan fingerprint density at radius 2 is 1.66 bits per heavy atom. The predicted octanol–water partition coefficient (Wildman–Crippen LogP) is 4.00. The number of carbonyl (C=O) groups excluding carboxylic acids is 2. The minimum Gasteiger partial charge on any atom is -0.492 e. The van der Waals surface area contributed by atoms with Crippen molar-refractivity contribution in [3.8, 4) is 11.5 Å². The summed E-state index contributed by atoms with van der Waals surface area (Å²) in [6.45, 7) is 10.3. The van der Waals surface area contributed by atoms with Gasteiger partial charge in [-0.05, 0) is 49.1 Å². The highest BCUT2D eigenvalue weighted by atomic mass is 16.5. The quantitative estimate of drug-likeness (QED) is 0.641. The number of hydrogen-bond acceptors (Lipinski definition) is 4. The molecule has 0 unspecified atom stereocenters. The number of urea groups is 1. The van der Waals surface area contributed by atoms with Gasteiger partial charge in [0.25, 0.3) is 5.91 Å². The van der Waals surface area contributed by atoms with Gasteiger partial charge in [0.2, 0.25) is 0 Å². The fraction of sp³-hybridized carbons (Fsp3) is 0.364. The Kier molecular flexibility index (Phi) is 7.47. The molecule has 7 heteroatoms. The van der Waals surface area contributed by atoms with Gasteiger partial charge in [0.15, 0.2) is 6.10 Å². The summed E-state index contributed by atoms with van der Waals surface area (Å²) >= 11 is 0. The van der Waals surface area contributed by atoms with Crippen LogP contribution < -0.4 is 25.6 Å². The Hall–Kier alpha value is -3.22. The normalized spacial score (nSPS) is 11.9. The van der Waals surface area contributed by atoms with Gasteiger partial charge in [-0.3, -0.25) is 10.2 Å². The van der Waals surface area contributed by atoms with E-state index in [9.17, 15) is 9.59 Å². The average Bonchev–Trinajstić information content (AvgIpc) is 2.67. The maximum atomic E-state index is 12.2. The Bertz CT molecular complexity index is 829. The fourth-order valence-electron chi connectivity index (χ4n) is 2.52. The van der Waals surface area contributed by atoms with E-state index in [1.165, 1.54) is 5.56 Å². The van der Waals surface area contributed by atoms with E-state index in [-0.39, 0.29) is 5.41 Å². The lowest BCUT2D eigenvalue weighted by Gasteiger charge is -2.20. The molecule has 0 aliphatic carbocycles. The summed E-state index contributed by atoms with van der Waals surface area (Å²) in [6.07, 6.45) is -0.786. The maximum Gasteiger partial charge on any atom is 0.338 e. The van der Waals surface area contributed by atoms with Crippen LogP contribution in [-0.4, -0.2) is 24.6 Å². The van der Waals surface area contributed by atoms with E-state index in [4.69, 9.17) is 9.47 Å². The molecule has 0 aliphatic rings. The van der Waals surface area contributed by atoms with E-state index in [1.807, 2.05) is 37.3 Å². The first kappa shape index (κ1) is 22.1. The summed E-state index contributed by atoms with van der Waals surface area (Å²) in [5, 5.41) is 2.63. The van der Waals surface area contributed by atoms with Crippen molar-refractivity contribution in [2.45, 2.75) is 46.1 Å². The van der Waals surface area contributed by atoms with Crippen molar-refractivity contribution < 1.29 is 19.1 Å². The Morgan fingerprint density at radius 3 is 2.28 bits per heavy atom. The number of para-hydroxylation sites is 2. The van der Waals surface area contributed by atoms with Crippen LogP contribution in [0.1, 0.15) is 40.2 Å². The summed E-state index contributed by atoms with van der Waals surface area (Å²) in [5.41, 5.74) is 6.37. The van der Waals surface area contributed by atoms with E-state index >= 15 is 0 Å². The third-order valence-corrected chi connectivity index (χ3v) is 4.14. The summed E-state index contributed by atoms with van der Waals surface area (Å²) in [5.74, 6) is 0.653. The van der Waals surface area contributed by atoms with Gasteiger partial charge in [0.05, 0.1) is 12.3 Å². The van der Waals surface area contributed by atoms with Crippen LogP contribution in [-0.2, 0) is 10.2 Å². The van der Waals surface area contributed by atoms with Crippen LogP contribution in [0, 0.1) is 0 Å². The van der Waals surface area contributed by atoms with Crippen LogP contribution in [0.15, 0.2) is 48.5 Å². The molecule has 29 heavy (non-hydrogen) atoms. The summed E-state index contributed by atoms with van der Waals surface area (Å²) < 4.78 is 11.1. The van der Waals surface area contributed by atoms with Crippen LogP contribution >= 0.6 is 0 Å². The molecule has 0 aromatic heterocycles. The van der Waals surface area contributed by atoms with Crippen molar-refractivity contribution in [1.82, 2.24) is 10.9 Å². The molecule has 1 atom stereocenters. The van der Waals surface area contributed by atoms with Gasteiger partial charge < -0.3 is 14.8 Å². The second-order valence-corrected chi connectivity index (χ2v) is 7.53. The van der Waals surface area contributed by atoms with Crippen LogP contribution in [0.25, 0.3) is 0 Å². The molecule has 2 rings (SSSR count). The monoisotopic (exact) mass is 399 g/mol. The number of ether oxygens (including phenoxy) is 2. The zero-order valence-corrected chi connectivity index (χ0v) is 17.5. The van der Waals surface area contributed by atoms with Crippen LogP contribution in [0.4, 0.5) is 10.5 Å². The van der Waals surface area contributed by atoms with Gasteiger partial charge in [0, 0.05) is 0 Å². The zero-order chi connectivity index (χ0) is 21.4. The predicted molar refractivity (Wildman–Crippen MR) is 113 cm³/mol.